The summed E-state index contributed by atoms with van der Waals surface area (Å²) in [5.74, 6) is 1.36. The fourth-order valence-corrected chi connectivity index (χ4v) is 2.38. The molecule has 2 unspecified atom stereocenters. The number of aromatic nitrogens is 2. The lowest BCUT2D eigenvalue weighted by atomic mass is 10.0. The largest absolute Gasteiger partial charge is 0.367 e. The summed E-state index contributed by atoms with van der Waals surface area (Å²) in [6, 6.07) is 0.406. The maximum Gasteiger partial charge on any atom is 0.228 e. The van der Waals surface area contributed by atoms with Gasteiger partial charge in [0.25, 0.3) is 0 Å². The highest BCUT2D eigenvalue weighted by Crippen LogP contribution is 2.26. The molecule has 1 aromatic heterocycles. The van der Waals surface area contributed by atoms with Crippen LogP contribution in [0.15, 0.2) is 4.52 Å². The average molecular weight is 297 g/mol. The van der Waals surface area contributed by atoms with Gasteiger partial charge in [0.15, 0.2) is 0 Å². The molecule has 0 saturated carbocycles. The fraction of sp³-hybridized carbons (Fsp3) is 0.875. The highest BCUT2D eigenvalue weighted by Gasteiger charge is 2.31. The van der Waals surface area contributed by atoms with Crippen molar-refractivity contribution in [3.63, 3.8) is 0 Å². The van der Waals surface area contributed by atoms with Gasteiger partial charge in [0.1, 0.15) is 5.60 Å². The molecule has 1 heterocycles. The first-order valence-corrected chi connectivity index (χ1v) is 8.29. The molecule has 5 nitrogen and oxygen atoms in total. The summed E-state index contributed by atoms with van der Waals surface area (Å²) in [6.07, 6.45) is 5.01. The monoisotopic (exact) mass is 297 g/mol. The first-order valence-electron chi connectivity index (χ1n) is 8.29. The lowest BCUT2D eigenvalue weighted by molar-refractivity contribution is -0.0403. The summed E-state index contributed by atoms with van der Waals surface area (Å²) in [7, 11) is 0. The van der Waals surface area contributed by atoms with Crippen LogP contribution in [0.3, 0.4) is 0 Å². The van der Waals surface area contributed by atoms with Gasteiger partial charge in [-0.25, -0.2) is 0 Å². The van der Waals surface area contributed by atoms with Gasteiger partial charge in [0.05, 0.1) is 0 Å². The predicted molar refractivity (Wildman–Crippen MR) is 84.3 cm³/mol. The zero-order chi connectivity index (χ0) is 15.7. The number of hydrogen-bond acceptors (Lipinski definition) is 5. The van der Waals surface area contributed by atoms with Crippen LogP contribution >= 0.6 is 0 Å². The minimum atomic E-state index is -0.451. The van der Waals surface area contributed by atoms with E-state index in [-0.39, 0.29) is 0 Å². The van der Waals surface area contributed by atoms with Gasteiger partial charge in [0, 0.05) is 19.1 Å². The number of nitrogens with one attached hydrogen (secondary N) is 1. The zero-order valence-corrected chi connectivity index (χ0v) is 14.2. The summed E-state index contributed by atoms with van der Waals surface area (Å²) in [5.41, 5.74) is -0.451. The van der Waals surface area contributed by atoms with E-state index in [1.165, 1.54) is 0 Å². The Bertz CT molecular complexity index is 395. The molecule has 0 radical (unpaired) electrons. The Hall–Kier alpha value is -0.940. The second-order valence-electron chi connectivity index (χ2n) is 5.67. The van der Waals surface area contributed by atoms with E-state index in [1.807, 2.05) is 13.8 Å². The van der Waals surface area contributed by atoms with Crippen LogP contribution in [-0.4, -0.2) is 29.3 Å². The quantitative estimate of drug-likeness (QED) is 0.678. The SMILES string of the molecule is CCCNC(CCC)Cc1nc(C(C)(CC)OCC)no1. The molecular formula is C16H31N3O2. The Kier molecular flexibility index (Phi) is 7.89. The highest BCUT2D eigenvalue weighted by molar-refractivity contribution is 5.00. The highest BCUT2D eigenvalue weighted by atomic mass is 16.5. The molecular weight excluding hydrogens is 266 g/mol. The van der Waals surface area contributed by atoms with Crippen molar-refractivity contribution >= 4 is 0 Å². The maximum atomic E-state index is 5.79. The molecule has 0 aliphatic heterocycles. The Labute approximate surface area is 128 Å². The minimum Gasteiger partial charge on any atom is -0.367 e. The van der Waals surface area contributed by atoms with Crippen molar-refractivity contribution in [3.05, 3.63) is 11.7 Å². The molecule has 1 rings (SSSR count). The number of hydrogen-bond donors (Lipinski definition) is 1. The van der Waals surface area contributed by atoms with Gasteiger partial charge in [-0.2, -0.15) is 4.98 Å². The van der Waals surface area contributed by atoms with Crippen molar-refractivity contribution in [2.45, 2.75) is 78.4 Å². The number of rotatable bonds is 11. The molecule has 21 heavy (non-hydrogen) atoms. The summed E-state index contributed by atoms with van der Waals surface area (Å²) < 4.78 is 11.2. The normalized spacial score (nSPS) is 15.9. The molecule has 0 fully saturated rings. The van der Waals surface area contributed by atoms with E-state index in [1.54, 1.807) is 0 Å². The fourth-order valence-electron chi connectivity index (χ4n) is 2.38. The van der Waals surface area contributed by atoms with Crippen molar-refractivity contribution in [3.8, 4) is 0 Å². The van der Waals surface area contributed by atoms with E-state index < -0.39 is 5.60 Å². The average Bonchev–Trinajstić information content (AvgIpc) is 2.94. The van der Waals surface area contributed by atoms with Gasteiger partial charge in [-0.1, -0.05) is 32.3 Å². The van der Waals surface area contributed by atoms with E-state index in [9.17, 15) is 0 Å². The second kappa shape index (κ2) is 9.15. The molecule has 0 saturated heterocycles. The first kappa shape index (κ1) is 18.1. The third kappa shape index (κ3) is 5.40. The molecule has 0 aliphatic rings. The van der Waals surface area contributed by atoms with Gasteiger partial charge in [-0.05, 0) is 39.7 Å². The number of ether oxygens (including phenoxy) is 1. The summed E-state index contributed by atoms with van der Waals surface area (Å²) >= 11 is 0. The molecule has 1 aromatic rings. The molecule has 0 bridgehead atoms. The molecule has 1 N–H and O–H groups in total. The van der Waals surface area contributed by atoms with Gasteiger partial charge >= 0.3 is 0 Å². The summed E-state index contributed by atoms with van der Waals surface area (Å²) in [6.45, 7) is 12.1. The van der Waals surface area contributed by atoms with Crippen LogP contribution in [0.2, 0.25) is 0 Å². The van der Waals surface area contributed by atoms with Crippen LogP contribution in [0.1, 0.15) is 72.0 Å². The van der Waals surface area contributed by atoms with Crippen molar-refractivity contribution in [2.75, 3.05) is 13.2 Å². The molecule has 5 heteroatoms. The molecule has 122 valence electrons. The molecule has 2 atom stereocenters. The second-order valence-corrected chi connectivity index (χ2v) is 5.67. The zero-order valence-electron chi connectivity index (χ0n) is 14.2. The Morgan fingerprint density at radius 2 is 2.00 bits per heavy atom. The molecule has 0 amide bonds. The summed E-state index contributed by atoms with van der Waals surface area (Å²) in [5, 5.41) is 7.68. The van der Waals surface area contributed by atoms with Gasteiger partial charge in [-0.15, -0.1) is 0 Å². The van der Waals surface area contributed by atoms with Crippen molar-refractivity contribution in [2.24, 2.45) is 0 Å². The third-order valence-corrected chi connectivity index (χ3v) is 3.82. The van der Waals surface area contributed by atoms with Gasteiger partial charge in [0.2, 0.25) is 11.7 Å². The van der Waals surface area contributed by atoms with Crippen molar-refractivity contribution in [1.29, 1.82) is 0 Å². The standard InChI is InChI=1S/C16H31N3O2/c1-6-10-13(17-11-7-2)12-14-18-15(19-21-14)16(5,8-3)20-9-4/h13,17H,6-12H2,1-5H3. The maximum absolute atomic E-state index is 5.79. The number of nitrogens with zero attached hydrogens (tertiary/aromatic N) is 2. The van der Waals surface area contributed by atoms with E-state index in [4.69, 9.17) is 9.26 Å². The van der Waals surface area contributed by atoms with E-state index in [2.05, 4.69) is 36.2 Å². The van der Waals surface area contributed by atoms with E-state index in [0.717, 1.165) is 38.6 Å². The van der Waals surface area contributed by atoms with Crippen LogP contribution < -0.4 is 5.32 Å². The van der Waals surface area contributed by atoms with Crippen molar-refractivity contribution < 1.29 is 9.26 Å². The third-order valence-electron chi connectivity index (χ3n) is 3.82. The molecule has 0 aromatic carbocycles. The molecule has 0 aliphatic carbocycles. The van der Waals surface area contributed by atoms with Crippen LogP contribution in [0.4, 0.5) is 0 Å². The predicted octanol–water partition coefficient (Wildman–Crippen LogP) is 3.44. The van der Waals surface area contributed by atoms with Crippen LogP contribution in [0.25, 0.3) is 0 Å². The summed E-state index contributed by atoms with van der Waals surface area (Å²) in [4.78, 5) is 4.56. The van der Waals surface area contributed by atoms with Gasteiger partial charge in [-0.3, -0.25) is 0 Å². The Morgan fingerprint density at radius 3 is 2.57 bits per heavy atom. The lowest BCUT2D eigenvalue weighted by Gasteiger charge is -2.23. The van der Waals surface area contributed by atoms with E-state index >= 15 is 0 Å². The lowest BCUT2D eigenvalue weighted by Crippen LogP contribution is -2.32. The van der Waals surface area contributed by atoms with Crippen LogP contribution in [0.5, 0.6) is 0 Å². The topological polar surface area (TPSA) is 60.2 Å². The van der Waals surface area contributed by atoms with Crippen molar-refractivity contribution in [1.82, 2.24) is 15.5 Å². The van der Waals surface area contributed by atoms with Crippen LogP contribution in [-0.2, 0) is 16.8 Å². The van der Waals surface area contributed by atoms with E-state index in [0.29, 0.717) is 24.4 Å². The Balaban J connectivity index is 2.72. The first-order chi connectivity index (χ1) is 10.1. The Morgan fingerprint density at radius 1 is 1.24 bits per heavy atom. The van der Waals surface area contributed by atoms with Crippen LogP contribution in [0, 0.1) is 0 Å². The van der Waals surface area contributed by atoms with Gasteiger partial charge < -0.3 is 14.6 Å². The minimum absolute atomic E-state index is 0.406. The smallest absolute Gasteiger partial charge is 0.228 e. The molecule has 0 spiro atoms.